The van der Waals surface area contributed by atoms with Crippen molar-refractivity contribution in [1.82, 2.24) is 0 Å². The SMILES string of the molecule is CCCCCCCCCC(=O)c1cc(C)ccc1C. The molecule has 0 aliphatic rings. The molecule has 0 saturated carbocycles. The third-order valence-electron chi connectivity index (χ3n) is 3.70. The highest BCUT2D eigenvalue weighted by Crippen LogP contribution is 2.15. The van der Waals surface area contributed by atoms with Gasteiger partial charge in [0.15, 0.2) is 5.78 Å². The van der Waals surface area contributed by atoms with E-state index in [0.29, 0.717) is 12.2 Å². The van der Waals surface area contributed by atoms with Crippen LogP contribution in [-0.2, 0) is 0 Å². The average Bonchev–Trinajstić information content (AvgIpc) is 2.40. The molecule has 0 unspecified atom stereocenters. The molecule has 0 fully saturated rings. The van der Waals surface area contributed by atoms with E-state index < -0.39 is 0 Å². The lowest BCUT2D eigenvalue weighted by Crippen LogP contribution is -2.02. The van der Waals surface area contributed by atoms with Crippen molar-refractivity contribution in [2.45, 2.75) is 72.1 Å². The van der Waals surface area contributed by atoms with Gasteiger partial charge in [0.2, 0.25) is 0 Å². The van der Waals surface area contributed by atoms with E-state index in [4.69, 9.17) is 0 Å². The molecule has 1 nitrogen and oxygen atoms in total. The number of benzene rings is 1. The Morgan fingerprint density at radius 1 is 0.947 bits per heavy atom. The molecular formula is C18H28O. The molecule has 0 aromatic heterocycles. The summed E-state index contributed by atoms with van der Waals surface area (Å²) in [5, 5.41) is 0. The van der Waals surface area contributed by atoms with Crippen molar-refractivity contribution < 1.29 is 4.79 Å². The van der Waals surface area contributed by atoms with E-state index >= 15 is 0 Å². The summed E-state index contributed by atoms with van der Waals surface area (Å²) in [4.78, 5) is 12.2. The van der Waals surface area contributed by atoms with Gasteiger partial charge in [0.25, 0.3) is 0 Å². The number of Topliss-reactive ketones (excluding diaryl/α,β-unsaturated/α-hetero) is 1. The summed E-state index contributed by atoms with van der Waals surface area (Å²) in [6.07, 6.45) is 9.54. The molecule has 1 heteroatoms. The van der Waals surface area contributed by atoms with Gasteiger partial charge in [-0.1, -0.05) is 63.1 Å². The molecule has 1 aromatic rings. The lowest BCUT2D eigenvalue weighted by Gasteiger charge is -2.06. The highest BCUT2D eigenvalue weighted by molar-refractivity contribution is 5.97. The molecule has 0 aliphatic heterocycles. The van der Waals surface area contributed by atoms with Crippen LogP contribution in [0.3, 0.4) is 0 Å². The van der Waals surface area contributed by atoms with Crippen LogP contribution >= 0.6 is 0 Å². The van der Waals surface area contributed by atoms with Crippen LogP contribution in [0.25, 0.3) is 0 Å². The van der Waals surface area contributed by atoms with Crippen molar-refractivity contribution in [3.05, 3.63) is 34.9 Å². The number of carbonyl (C=O) groups excluding carboxylic acids is 1. The molecule has 0 amide bonds. The van der Waals surface area contributed by atoms with Gasteiger partial charge in [-0.05, 0) is 31.9 Å². The second-order valence-electron chi connectivity index (χ2n) is 5.61. The van der Waals surface area contributed by atoms with Gasteiger partial charge >= 0.3 is 0 Å². The van der Waals surface area contributed by atoms with E-state index in [9.17, 15) is 4.79 Å². The second-order valence-corrected chi connectivity index (χ2v) is 5.61. The quantitative estimate of drug-likeness (QED) is 0.415. The highest BCUT2D eigenvalue weighted by atomic mass is 16.1. The number of rotatable bonds is 9. The standard InChI is InChI=1S/C18H28O/c1-4-5-6-7-8-9-10-11-18(19)17-14-15(2)12-13-16(17)3/h12-14H,4-11H2,1-3H3. The number of hydrogen-bond acceptors (Lipinski definition) is 1. The maximum Gasteiger partial charge on any atom is 0.163 e. The monoisotopic (exact) mass is 260 g/mol. The normalized spacial score (nSPS) is 10.7. The molecule has 19 heavy (non-hydrogen) atoms. The third-order valence-corrected chi connectivity index (χ3v) is 3.70. The van der Waals surface area contributed by atoms with Crippen LogP contribution in [0.1, 0.15) is 79.8 Å². The number of unbranched alkanes of at least 4 members (excludes halogenated alkanes) is 6. The molecule has 0 atom stereocenters. The first-order valence-corrected chi connectivity index (χ1v) is 7.75. The van der Waals surface area contributed by atoms with Gasteiger partial charge in [-0.25, -0.2) is 0 Å². The number of hydrogen-bond donors (Lipinski definition) is 0. The van der Waals surface area contributed by atoms with Crippen LogP contribution in [-0.4, -0.2) is 5.78 Å². The highest BCUT2D eigenvalue weighted by Gasteiger charge is 2.08. The van der Waals surface area contributed by atoms with Crippen molar-refractivity contribution in [2.75, 3.05) is 0 Å². The number of ketones is 1. The van der Waals surface area contributed by atoms with Crippen LogP contribution in [0.4, 0.5) is 0 Å². The van der Waals surface area contributed by atoms with Crippen LogP contribution in [0.15, 0.2) is 18.2 Å². The summed E-state index contributed by atoms with van der Waals surface area (Å²) in [5.41, 5.74) is 3.21. The third kappa shape index (κ3) is 6.04. The Balaban J connectivity index is 2.26. The van der Waals surface area contributed by atoms with E-state index in [1.165, 1.54) is 44.1 Å². The Kier molecular flexibility index (Phi) is 7.47. The Labute approximate surface area is 118 Å². The van der Waals surface area contributed by atoms with E-state index in [1.807, 2.05) is 26.0 Å². The summed E-state index contributed by atoms with van der Waals surface area (Å²) < 4.78 is 0. The Morgan fingerprint density at radius 2 is 1.58 bits per heavy atom. The topological polar surface area (TPSA) is 17.1 Å². The Hall–Kier alpha value is -1.11. The summed E-state index contributed by atoms with van der Waals surface area (Å²) in [6, 6.07) is 6.14. The lowest BCUT2D eigenvalue weighted by atomic mass is 9.98. The fraction of sp³-hybridized carbons (Fsp3) is 0.611. The smallest absolute Gasteiger partial charge is 0.163 e. The first-order chi connectivity index (χ1) is 9.15. The van der Waals surface area contributed by atoms with E-state index in [-0.39, 0.29) is 0 Å². The van der Waals surface area contributed by atoms with E-state index in [1.54, 1.807) is 0 Å². The van der Waals surface area contributed by atoms with E-state index in [2.05, 4.69) is 13.0 Å². The second kappa shape index (κ2) is 8.90. The van der Waals surface area contributed by atoms with Crippen LogP contribution in [0.2, 0.25) is 0 Å². The average molecular weight is 260 g/mol. The molecule has 0 N–H and O–H groups in total. The van der Waals surface area contributed by atoms with Gasteiger partial charge in [-0.15, -0.1) is 0 Å². The zero-order chi connectivity index (χ0) is 14.1. The fourth-order valence-electron chi connectivity index (χ4n) is 2.41. The van der Waals surface area contributed by atoms with Crippen molar-refractivity contribution in [3.8, 4) is 0 Å². The minimum Gasteiger partial charge on any atom is -0.294 e. The molecule has 1 aromatic carbocycles. The van der Waals surface area contributed by atoms with Gasteiger partial charge < -0.3 is 0 Å². The van der Waals surface area contributed by atoms with Crippen molar-refractivity contribution in [1.29, 1.82) is 0 Å². The van der Waals surface area contributed by atoms with Gasteiger partial charge in [-0.2, -0.15) is 0 Å². The van der Waals surface area contributed by atoms with Gasteiger partial charge in [-0.3, -0.25) is 4.79 Å². The molecule has 0 saturated heterocycles. The molecule has 1 rings (SSSR count). The van der Waals surface area contributed by atoms with Crippen LogP contribution < -0.4 is 0 Å². The minimum atomic E-state index is 0.315. The number of carbonyl (C=O) groups is 1. The maximum absolute atomic E-state index is 12.2. The van der Waals surface area contributed by atoms with Crippen LogP contribution in [0, 0.1) is 13.8 Å². The van der Waals surface area contributed by atoms with Gasteiger partial charge in [0.05, 0.1) is 0 Å². The molecule has 0 radical (unpaired) electrons. The predicted octanol–water partition coefficient (Wildman–Crippen LogP) is 5.63. The van der Waals surface area contributed by atoms with Crippen LogP contribution in [0.5, 0.6) is 0 Å². The maximum atomic E-state index is 12.2. The van der Waals surface area contributed by atoms with Crippen molar-refractivity contribution >= 4 is 5.78 Å². The molecule has 0 heterocycles. The minimum absolute atomic E-state index is 0.315. The fourth-order valence-corrected chi connectivity index (χ4v) is 2.41. The molecule has 106 valence electrons. The first kappa shape index (κ1) is 15.9. The Bertz CT molecular complexity index is 393. The van der Waals surface area contributed by atoms with Gasteiger partial charge in [0, 0.05) is 12.0 Å². The largest absolute Gasteiger partial charge is 0.294 e. The summed E-state index contributed by atoms with van der Waals surface area (Å²) >= 11 is 0. The summed E-state index contributed by atoms with van der Waals surface area (Å²) in [7, 11) is 0. The molecular weight excluding hydrogens is 232 g/mol. The zero-order valence-corrected chi connectivity index (χ0v) is 12.8. The molecule has 0 spiro atoms. The first-order valence-electron chi connectivity index (χ1n) is 7.75. The summed E-state index contributed by atoms with van der Waals surface area (Å²) in [5.74, 6) is 0.315. The zero-order valence-electron chi connectivity index (χ0n) is 12.8. The van der Waals surface area contributed by atoms with Gasteiger partial charge in [0.1, 0.15) is 0 Å². The molecule has 0 aliphatic carbocycles. The van der Waals surface area contributed by atoms with E-state index in [0.717, 1.165) is 17.5 Å². The predicted molar refractivity (Wildman–Crippen MR) is 82.9 cm³/mol. The number of aryl methyl sites for hydroxylation is 2. The Morgan fingerprint density at radius 3 is 2.26 bits per heavy atom. The van der Waals surface area contributed by atoms with Crippen molar-refractivity contribution in [2.24, 2.45) is 0 Å². The molecule has 0 bridgehead atoms. The summed E-state index contributed by atoms with van der Waals surface area (Å²) in [6.45, 7) is 6.31. The lowest BCUT2D eigenvalue weighted by molar-refractivity contribution is 0.0978. The van der Waals surface area contributed by atoms with Crippen molar-refractivity contribution in [3.63, 3.8) is 0 Å².